The van der Waals surface area contributed by atoms with Crippen molar-refractivity contribution < 1.29 is 46.5 Å². The van der Waals surface area contributed by atoms with Crippen molar-refractivity contribution in [2.75, 3.05) is 5.32 Å². The SMILES string of the molecule is Cc1nnn(C[C@@H]2[C@H](NC(=O)C(=NOC(C)(C)C(=O)OC(C)(C)C)c3csc(NC(=O)OC(C)(C)C)n3)C(=O)N2S(=O)(=O)O)n1. The van der Waals surface area contributed by atoms with E-state index in [2.05, 4.69) is 36.2 Å². The van der Waals surface area contributed by atoms with Crippen molar-refractivity contribution in [2.24, 2.45) is 5.16 Å². The number of amides is 3. The van der Waals surface area contributed by atoms with Crippen LogP contribution in [0.1, 0.15) is 66.9 Å². The van der Waals surface area contributed by atoms with Crippen molar-refractivity contribution in [3.63, 3.8) is 0 Å². The minimum atomic E-state index is -5.02. The van der Waals surface area contributed by atoms with Gasteiger partial charge in [-0.2, -0.15) is 13.2 Å². The minimum absolute atomic E-state index is 0.00826. The van der Waals surface area contributed by atoms with Gasteiger partial charge in [0, 0.05) is 5.38 Å². The third-order valence-electron chi connectivity index (χ3n) is 5.43. The Kier molecular flexibility index (Phi) is 9.89. The normalized spacial score (nSPS) is 17.8. The van der Waals surface area contributed by atoms with Gasteiger partial charge in [-0.05, 0) is 67.5 Å². The molecular weight excluding hydrogens is 638 g/mol. The molecule has 3 heterocycles. The number of anilines is 1. The van der Waals surface area contributed by atoms with E-state index >= 15 is 0 Å². The first-order valence-electron chi connectivity index (χ1n) is 13.3. The second-order valence-corrected chi connectivity index (χ2v) is 14.4. The van der Waals surface area contributed by atoms with Gasteiger partial charge >= 0.3 is 22.4 Å². The Bertz CT molecular complexity index is 1600. The van der Waals surface area contributed by atoms with Crippen molar-refractivity contribution in [1.29, 1.82) is 0 Å². The summed E-state index contributed by atoms with van der Waals surface area (Å²) in [5, 5.41) is 21.3. The van der Waals surface area contributed by atoms with Gasteiger partial charge in [-0.15, -0.1) is 21.5 Å². The summed E-state index contributed by atoms with van der Waals surface area (Å²) in [4.78, 5) is 61.9. The second-order valence-electron chi connectivity index (χ2n) is 12.2. The lowest BCUT2D eigenvalue weighted by molar-refractivity contribution is -0.179. The highest BCUT2D eigenvalue weighted by Crippen LogP contribution is 2.26. The fourth-order valence-corrected chi connectivity index (χ4v) is 5.10. The molecule has 2 aromatic rings. The zero-order valence-electron chi connectivity index (χ0n) is 26.0. The van der Waals surface area contributed by atoms with Crippen molar-refractivity contribution in [3.8, 4) is 0 Å². The topological polar surface area (TPSA) is 246 Å². The second kappa shape index (κ2) is 12.6. The standard InChI is InChI=1S/C24H35N9O10S2/c1-12-28-31-32(29-12)10-14-16(18(35)33(14)45(38,39)40)26-17(34)15(30-43-24(8,9)19(36)41-22(2,3)4)13-11-44-20(25-13)27-21(37)42-23(5,6)7/h11,14,16H,10H2,1-9H3,(H,26,34)(H,25,27,37)(H,38,39,40)/t14-,16+/m1/s1. The molecule has 45 heavy (non-hydrogen) atoms. The first-order valence-corrected chi connectivity index (χ1v) is 15.6. The molecule has 21 heteroatoms. The zero-order chi connectivity index (χ0) is 34.1. The van der Waals surface area contributed by atoms with Gasteiger partial charge in [0.2, 0.25) is 5.60 Å². The summed E-state index contributed by atoms with van der Waals surface area (Å²) in [6.45, 7) is 13.8. The number of nitrogens with one attached hydrogen (secondary N) is 2. The Morgan fingerprint density at radius 3 is 2.24 bits per heavy atom. The maximum absolute atomic E-state index is 13.6. The van der Waals surface area contributed by atoms with Crippen LogP contribution < -0.4 is 10.6 Å². The zero-order valence-corrected chi connectivity index (χ0v) is 27.6. The fourth-order valence-electron chi connectivity index (χ4n) is 3.55. The van der Waals surface area contributed by atoms with Gasteiger partial charge in [0.05, 0.1) is 6.54 Å². The fraction of sp³-hybridized carbons (Fsp3) is 0.625. The van der Waals surface area contributed by atoms with E-state index in [9.17, 15) is 32.1 Å². The van der Waals surface area contributed by atoms with E-state index in [-0.39, 0.29) is 27.5 Å². The van der Waals surface area contributed by atoms with Gasteiger partial charge in [-0.25, -0.2) is 18.9 Å². The number of aromatic nitrogens is 5. The van der Waals surface area contributed by atoms with Crippen LogP contribution in [-0.2, 0) is 45.5 Å². The van der Waals surface area contributed by atoms with Crippen molar-refractivity contribution in [2.45, 2.75) is 97.7 Å². The van der Waals surface area contributed by atoms with Gasteiger partial charge in [0.25, 0.3) is 11.8 Å². The van der Waals surface area contributed by atoms with E-state index in [1.54, 1.807) is 41.5 Å². The van der Waals surface area contributed by atoms with E-state index in [1.807, 2.05) is 0 Å². The average molecular weight is 674 g/mol. The number of thiazole rings is 1. The Morgan fingerprint density at radius 1 is 1.09 bits per heavy atom. The van der Waals surface area contributed by atoms with Crippen LogP contribution in [0.3, 0.4) is 0 Å². The monoisotopic (exact) mass is 673 g/mol. The van der Waals surface area contributed by atoms with Crippen LogP contribution >= 0.6 is 11.3 Å². The molecule has 0 aliphatic carbocycles. The Labute approximate surface area is 262 Å². The molecule has 0 unspecified atom stereocenters. The van der Waals surface area contributed by atoms with Gasteiger partial charge in [0.1, 0.15) is 29.0 Å². The van der Waals surface area contributed by atoms with E-state index in [0.717, 1.165) is 16.1 Å². The molecule has 0 bridgehead atoms. The summed E-state index contributed by atoms with van der Waals surface area (Å²) in [5.41, 5.74) is -4.08. The van der Waals surface area contributed by atoms with Gasteiger partial charge in [-0.3, -0.25) is 19.5 Å². The quantitative estimate of drug-likeness (QED) is 0.104. The molecule has 0 spiro atoms. The van der Waals surface area contributed by atoms with Crippen LogP contribution in [-0.4, -0.2) is 101 Å². The lowest BCUT2D eigenvalue weighted by Crippen LogP contribution is -2.73. The summed E-state index contributed by atoms with van der Waals surface area (Å²) < 4.78 is 44.2. The number of oxime groups is 1. The largest absolute Gasteiger partial charge is 0.457 e. The molecular formula is C24H35N9O10S2. The Hall–Kier alpha value is -4.24. The summed E-state index contributed by atoms with van der Waals surface area (Å²) in [5.74, 6) is -2.80. The molecule has 1 fully saturated rings. The van der Waals surface area contributed by atoms with E-state index in [0.29, 0.717) is 0 Å². The van der Waals surface area contributed by atoms with Crippen molar-refractivity contribution in [1.82, 2.24) is 34.8 Å². The van der Waals surface area contributed by atoms with E-state index in [1.165, 1.54) is 26.2 Å². The predicted molar refractivity (Wildman–Crippen MR) is 156 cm³/mol. The highest BCUT2D eigenvalue weighted by molar-refractivity contribution is 7.84. The average Bonchev–Trinajstić information content (AvgIpc) is 3.47. The number of esters is 1. The molecule has 0 radical (unpaired) electrons. The smallest absolute Gasteiger partial charge is 0.413 e. The Morgan fingerprint density at radius 2 is 1.71 bits per heavy atom. The highest BCUT2D eigenvalue weighted by Gasteiger charge is 2.54. The van der Waals surface area contributed by atoms with Crippen LogP contribution in [0.2, 0.25) is 0 Å². The number of carbonyl (C=O) groups excluding carboxylic acids is 4. The van der Waals surface area contributed by atoms with Crippen LogP contribution in [0, 0.1) is 6.92 Å². The molecule has 3 N–H and O–H groups in total. The van der Waals surface area contributed by atoms with Gasteiger partial charge < -0.3 is 19.6 Å². The van der Waals surface area contributed by atoms with E-state index < -0.39 is 68.8 Å². The molecule has 0 saturated carbocycles. The molecule has 248 valence electrons. The third-order valence-corrected chi connectivity index (χ3v) is 7.14. The summed E-state index contributed by atoms with van der Waals surface area (Å²) >= 11 is 0.899. The van der Waals surface area contributed by atoms with Gasteiger partial charge in [0.15, 0.2) is 16.7 Å². The van der Waals surface area contributed by atoms with Crippen LogP contribution in [0.4, 0.5) is 9.93 Å². The molecule has 1 aliphatic rings. The first-order chi connectivity index (χ1) is 20.5. The third kappa shape index (κ3) is 9.38. The van der Waals surface area contributed by atoms with Crippen molar-refractivity contribution in [3.05, 3.63) is 16.9 Å². The number of aryl methyl sites for hydroxylation is 1. The van der Waals surface area contributed by atoms with Gasteiger partial charge in [-0.1, -0.05) is 5.16 Å². The number of hydrogen-bond acceptors (Lipinski definition) is 15. The lowest BCUT2D eigenvalue weighted by Gasteiger charge is -2.43. The number of nitrogens with zero attached hydrogens (tertiary/aromatic N) is 7. The molecule has 2 atom stereocenters. The first kappa shape index (κ1) is 35.2. The highest BCUT2D eigenvalue weighted by atomic mass is 32.2. The van der Waals surface area contributed by atoms with E-state index in [4.69, 9.17) is 14.3 Å². The number of carbonyl (C=O) groups is 4. The number of β-lactam (4-membered cyclic amide) rings is 1. The Balaban J connectivity index is 1.93. The van der Waals surface area contributed by atoms with Crippen LogP contribution in [0.5, 0.6) is 0 Å². The predicted octanol–water partition coefficient (Wildman–Crippen LogP) is 0.825. The molecule has 2 aromatic heterocycles. The molecule has 0 aromatic carbocycles. The number of hydrogen-bond donors (Lipinski definition) is 3. The summed E-state index contributed by atoms with van der Waals surface area (Å²) in [7, 11) is -5.02. The molecule has 3 rings (SSSR count). The maximum Gasteiger partial charge on any atom is 0.413 e. The van der Waals surface area contributed by atoms with Crippen LogP contribution in [0.25, 0.3) is 0 Å². The lowest BCUT2D eigenvalue weighted by atomic mass is 9.98. The molecule has 1 aliphatic heterocycles. The molecule has 1 saturated heterocycles. The maximum atomic E-state index is 13.6. The number of rotatable bonds is 10. The van der Waals surface area contributed by atoms with Crippen molar-refractivity contribution >= 4 is 56.4 Å². The summed E-state index contributed by atoms with van der Waals surface area (Å²) in [6, 6.07) is -2.86. The molecule has 3 amide bonds. The van der Waals surface area contributed by atoms with Crippen LogP contribution in [0.15, 0.2) is 10.5 Å². The number of ether oxygens (including phenoxy) is 2. The minimum Gasteiger partial charge on any atom is -0.457 e. The number of tetrazole rings is 1. The molecule has 19 nitrogen and oxygen atoms in total. The summed E-state index contributed by atoms with van der Waals surface area (Å²) in [6.07, 6.45) is -0.821.